The van der Waals surface area contributed by atoms with Gasteiger partial charge in [-0.15, -0.1) is 0 Å². The van der Waals surface area contributed by atoms with Gasteiger partial charge in [0, 0.05) is 0 Å². The van der Waals surface area contributed by atoms with Gasteiger partial charge in [-0.2, -0.15) is 0 Å². The Morgan fingerprint density at radius 2 is 2.17 bits per heavy atom. The molecule has 0 aliphatic heterocycles. The maximum Gasteiger partial charge on any atom is 0.172 e. The first kappa shape index (κ1) is 21.0. The van der Waals surface area contributed by atoms with Crippen LogP contribution < -0.4 is 4.74 Å². The zero-order valence-electron chi connectivity index (χ0n) is 13.9. The summed E-state index contributed by atoms with van der Waals surface area (Å²) in [5.74, 6) is 0.444. The third kappa shape index (κ3) is 6.38. The maximum absolute atomic E-state index is 12.1. The van der Waals surface area contributed by atoms with Gasteiger partial charge in [-0.3, -0.25) is 0 Å². The van der Waals surface area contributed by atoms with Crippen LogP contribution in [-0.4, -0.2) is 31.7 Å². The molecule has 1 rings (SSSR count). The van der Waals surface area contributed by atoms with Gasteiger partial charge in [0.25, 0.3) is 0 Å². The Bertz CT molecular complexity index is 553. The Kier molecular flexibility index (Phi) is 8.06. The van der Waals surface area contributed by atoms with Gasteiger partial charge in [0.2, 0.25) is 0 Å². The number of ether oxygens (including phenoxy) is 1. The van der Waals surface area contributed by atoms with E-state index in [0.717, 1.165) is 3.57 Å². The molecule has 0 bridgehead atoms. The summed E-state index contributed by atoms with van der Waals surface area (Å²) < 4.78 is 22.4. The van der Waals surface area contributed by atoms with E-state index in [-0.39, 0.29) is 11.8 Å². The van der Waals surface area contributed by atoms with Crippen LogP contribution in [0.4, 0.5) is 0 Å². The van der Waals surface area contributed by atoms with E-state index in [0.29, 0.717) is 23.6 Å². The van der Waals surface area contributed by atoms with Crippen molar-refractivity contribution < 1.29 is 14.4 Å². The molecule has 0 radical (unpaired) electrons. The van der Waals surface area contributed by atoms with Crippen LogP contribution in [0.25, 0.3) is 0 Å². The molecule has 0 aliphatic carbocycles. The third-order valence-corrected chi connectivity index (χ3v) is 5.39. The van der Waals surface area contributed by atoms with Crippen molar-refractivity contribution in [2.24, 2.45) is 4.40 Å². The second-order valence-corrected chi connectivity index (χ2v) is 9.41. The number of aromatic nitrogens is 1. The van der Waals surface area contributed by atoms with Crippen molar-refractivity contribution >= 4 is 51.3 Å². The van der Waals surface area contributed by atoms with Gasteiger partial charge in [-0.05, 0) is 62.8 Å². The Labute approximate surface area is 159 Å². The number of aliphatic hydroxyl groups is 1. The molecular weight excluding hydrogens is 451 g/mol. The fourth-order valence-electron chi connectivity index (χ4n) is 1.44. The molecule has 23 heavy (non-hydrogen) atoms. The summed E-state index contributed by atoms with van der Waals surface area (Å²) >= 11 is 6.89. The normalized spacial score (nSPS) is 15.4. The monoisotopic (exact) mass is 472 g/mol. The molecule has 0 aliphatic rings. The highest BCUT2D eigenvalue weighted by molar-refractivity contribution is 14.1. The van der Waals surface area contributed by atoms with Gasteiger partial charge < -0.3 is 14.4 Å². The third-order valence-electron chi connectivity index (χ3n) is 2.86. The second-order valence-electron chi connectivity index (χ2n) is 5.99. The van der Waals surface area contributed by atoms with Crippen molar-refractivity contribution in [3.63, 3.8) is 0 Å². The minimum atomic E-state index is -1.32. The molecule has 0 fully saturated rings. The summed E-state index contributed by atoms with van der Waals surface area (Å²) in [4.78, 5) is 4.12. The highest BCUT2D eigenvalue weighted by atomic mass is 127. The Balaban J connectivity index is 2.90. The van der Waals surface area contributed by atoms with Crippen molar-refractivity contribution in [2.75, 3.05) is 6.61 Å². The fourth-order valence-corrected chi connectivity index (χ4v) is 3.27. The molecule has 5 nitrogen and oxygen atoms in total. The molecule has 8 heteroatoms. The molecule has 1 aromatic rings. The molecule has 1 heterocycles. The minimum absolute atomic E-state index is 0.195. The van der Waals surface area contributed by atoms with Crippen LogP contribution in [0.3, 0.4) is 0 Å². The standard InChI is InChI=1S/C15H22ClIN2O3S/c1-6-10(19-23(21)15(3,4)5)8-22-13-11(17)7-12(9(2)20)18-14(13)16/h7,9,20H,6,8H2,1-5H3/b19-10-. The van der Waals surface area contributed by atoms with Crippen LogP contribution in [0.1, 0.15) is 52.8 Å². The van der Waals surface area contributed by atoms with E-state index in [9.17, 15) is 9.66 Å². The predicted octanol–water partition coefficient (Wildman–Crippen LogP) is 4.08. The first-order chi connectivity index (χ1) is 10.6. The first-order valence-electron chi connectivity index (χ1n) is 7.21. The highest BCUT2D eigenvalue weighted by Crippen LogP contribution is 2.31. The summed E-state index contributed by atoms with van der Waals surface area (Å²) in [6.07, 6.45) is -0.0631. The average molecular weight is 473 g/mol. The summed E-state index contributed by atoms with van der Waals surface area (Å²) in [5, 5.41) is 9.77. The lowest BCUT2D eigenvalue weighted by atomic mass is 10.2. The lowest BCUT2D eigenvalue weighted by molar-refractivity contribution is 0.194. The van der Waals surface area contributed by atoms with Crippen molar-refractivity contribution in [1.82, 2.24) is 4.98 Å². The summed E-state index contributed by atoms with van der Waals surface area (Å²) in [7, 11) is 0. The largest absolute Gasteiger partial charge is 0.591 e. The van der Waals surface area contributed by atoms with Crippen LogP contribution in [-0.2, 0) is 11.4 Å². The Hall–Kier alpha value is -0.0900. The van der Waals surface area contributed by atoms with E-state index in [1.165, 1.54) is 0 Å². The van der Waals surface area contributed by atoms with Gasteiger partial charge >= 0.3 is 0 Å². The lowest BCUT2D eigenvalue weighted by Crippen LogP contribution is -2.28. The zero-order valence-corrected chi connectivity index (χ0v) is 17.6. The van der Waals surface area contributed by atoms with Crippen LogP contribution in [0.2, 0.25) is 5.15 Å². The van der Waals surface area contributed by atoms with E-state index in [1.807, 2.05) is 27.7 Å². The number of hydrogen-bond acceptors (Lipinski definition) is 5. The minimum Gasteiger partial charge on any atom is -0.591 e. The SMILES string of the molecule is CC/C(COc1c(I)cc(C(C)O)nc1Cl)=N/[S+]([O-])C(C)(C)C. The van der Waals surface area contributed by atoms with Crippen molar-refractivity contribution in [2.45, 2.75) is 51.9 Å². The summed E-state index contributed by atoms with van der Waals surface area (Å²) in [6.45, 7) is 9.38. The molecule has 0 saturated carbocycles. The van der Waals surface area contributed by atoms with Crippen molar-refractivity contribution in [3.05, 3.63) is 20.5 Å². The van der Waals surface area contributed by atoms with Crippen LogP contribution >= 0.6 is 34.2 Å². The number of aliphatic hydroxyl groups excluding tert-OH is 1. The Morgan fingerprint density at radius 1 is 1.57 bits per heavy atom. The van der Waals surface area contributed by atoms with Crippen molar-refractivity contribution in [3.8, 4) is 5.75 Å². The van der Waals surface area contributed by atoms with E-state index < -0.39 is 22.2 Å². The van der Waals surface area contributed by atoms with Crippen molar-refractivity contribution in [1.29, 1.82) is 0 Å². The molecule has 0 saturated heterocycles. The number of nitrogens with zero attached hydrogens (tertiary/aromatic N) is 2. The number of rotatable bonds is 6. The quantitative estimate of drug-likeness (QED) is 0.293. The fraction of sp³-hybridized carbons (Fsp3) is 0.600. The molecule has 1 N–H and O–H groups in total. The van der Waals surface area contributed by atoms with Crippen LogP contribution in [0, 0.1) is 3.57 Å². The second kappa shape index (κ2) is 8.84. The maximum atomic E-state index is 12.1. The first-order valence-corrected chi connectivity index (χ1v) is 9.77. The van der Waals surface area contributed by atoms with E-state index in [1.54, 1.807) is 13.0 Å². The lowest BCUT2D eigenvalue weighted by Gasteiger charge is -2.19. The van der Waals surface area contributed by atoms with E-state index in [4.69, 9.17) is 16.3 Å². The van der Waals surface area contributed by atoms with Gasteiger partial charge in [0.05, 0.1) is 15.4 Å². The number of hydrogen-bond donors (Lipinski definition) is 1. The molecule has 1 aromatic heterocycles. The van der Waals surface area contributed by atoms with Crippen LogP contribution in [0.15, 0.2) is 10.5 Å². The molecule has 0 aromatic carbocycles. The summed E-state index contributed by atoms with van der Waals surface area (Å²) in [5.41, 5.74) is 1.19. The molecule has 0 spiro atoms. The Morgan fingerprint density at radius 3 is 2.61 bits per heavy atom. The topological polar surface area (TPSA) is 77.8 Å². The average Bonchev–Trinajstić information content (AvgIpc) is 2.43. The molecule has 2 unspecified atom stereocenters. The zero-order chi connectivity index (χ0) is 17.8. The smallest absolute Gasteiger partial charge is 0.172 e. The van der Waals surface area contributed by atoms with Gasteiger partial charge in [-0.1, -0.05) is 22.9 Å². The number of halogens is 2. The van der Waals surface area contributed by atoms with Gasteiger partial charge in [-0.25, -0.2) is 4.98 Å². The van der Waals surface area contributed by atoms with Crippen LogP contribution in [0.5, 0.6) is 5.75 Å². The van der Waals surface area contributed by atoms with E-state index >= 15 is 0 Å². The van der Waals surface area contributed by atoms with E-state index in [2.05, 4.69) is 32.0 Å². The van der Waals surface area contributed by atoms with Gasteiger partial charge in [0.1, 0.15) is 28.4 Å². The predicted molar refractivity (Wildman–Crippen MR) is 104 cm³/mol. The molecule has 2 atom stereocenters. The molecule has 0 amide bonds. The molecular formula is C15H22ClIN2O3S. The van der Waals surface area contributed by atoms with Gasteiger partial charge in [0.15, 0.2) is 10.9 Å². The molecule has 130 valence electrons. The highest BCUT2D eigenvalue weighted by Gasteiger charge is 2.27. The number of pyridine rings is 1. The summed E-state index contributed by atoms with van der Waals surface area (Å²) in [6, 6.07) is 1.72.